The van der Waals surface area contributed by atoms with Crippen molar-refractivity contribution in [2.75, 3.05) is 0 Å². The monoisotopic (exact) mass is 180 g/mol. The zero-order valence-electron chi connectivity index (χ0n) is 8.10. The molecule has 1 aromatic rings. The van der Waals surface area contributed by atoms with Gasteiger partial charge in [-0.1, -0.05) is 19.1 Å². The van der Waals surface area contributed by atoms with E-state index in [-0.39, 0.29) is 17.5 Å². The molecule has 0 saturated heterocycles. The Morgan fingerprint density at radius 1 is 1.46 bits per heavy atom. The molecule has 0 spiro atoms. The van der Waals surface area contributed by atoms with Gasteiger partial charge in [0.2, 0.25) is 0 Å². The molecule has 70 valence electrons. The molecule has 0 heterocycles. The second-order valence-electron chi connectivity index (χ2n) is 3.34. The quantitative estimate of drug-likeness (QED) is 0.684. The van der Waals surface area contributed by atoms with Crippen LogP contribution in [0.15, 0.2) is 18.2 Å². The molecular formula is C11H13FO. The molecule has 0 aromatic heterocycles. The largest absolute Gasteiger partial charge is 0.299 e. The highest BCUT2D eigenvalue weighted by atomic mass is 19.1. The van der Waals surface area contributed by atoms with Crippen LogP contribution in [0.3, 0.4) is 0 Å². The van der Waals surface area contributed by atoms with Gasteiger partial charge >= 0.3 is 0 Å². The van der Waals surface area contributed by atoms with Crippen LogP contribution >= 0.6 is 0 Å². The zero-order valence-corrected chi connectivity index (χ0v) is 8.10. The van der Waals surface area contributed by atoms with Crippen LogP contribution in [0, 0.1) is 12.7 Å². The number of carbonyl (C=O) groups excluding carboxylic acids is 1. The number of hydrogen-bond acceptors (Lipinski definition) is 1. The standard InChI is InChI=1S/C11H13FO/c1-7-4-5-10(6-11(7)12)8(2)9(3)13/h4-6,8H,1-3H3. The van der Waals surface area contributed by atoms with Crippen LogP contribution in [-0.2, 0) is 4.79 Å². The van der Waals surface area contributed by atoms with Crippen LogP contribution in [0.1, 0.15) is 30.9 Å². The second kappa shape index (κ2) is 3.69. The number of hydrogen-bond donors (Lipinski definition) is 0. The molecule has 13 heavy (non-hydrogen) atoms. The SMILES string of the molecule is CC(=O)C(C)c1ccc(C)c(F)c1. The lowest BCUT2D eigenvalue weighted by atomic mass is 9.96. The fraction of sp³-hybridized carbons (Fsp3) is 0.364. The number of benzene rings is 1. The first-order valence-corrected chi connectivity index (χ1v) is 4.29. The van der Waals surface area contributed by atoms with Crippen LogP contribution in [0.2, 0.25) is 0 Å². The Labute approximate surface area is 77.6 Å². The lowest BCUT2D eigenvalue weighted by Crippen LogP contribution is -2.04. The predicted octanol–water partition coefficient (Wildman–Crippen LogP) is 2.83. The van der Waals surface area contributed by atoms with Crippen molar-refractivity contribution in [3.05, 3.63) is 35.1 Å². The van der Waals surface area contributed by atoms with E-state index >= 15 is 0 Å². The maximum atomic E-state index is 13.1. The van der Waals surface area contributed by atoms with Gasteiger partial charge in [0, 0.05) is 5.92 Å². The molecule has 1 atom stereocenters. The summed E-state index contributed by atoms with van der Waals surface area (Å²) < 4.78 is 13.1. The first-order valence-electron chi connectivity index (χ1n) is 4.29. The number of ketones is 1. The summed E-state index contributed by atoms with van der Waals surface area (Å²) in [7, 11) is 0. The summed E-state index contributed by atoms with van der Waals surface area (Å²) in [5, 5.41) is 0. The minimum absolute atomic E-state index is 0.0586. The van der Waals surface area contributed by atoms with Crippen molar-refractivity contribution < 1.29 is 9.18 Å². The van der Waals surface area contributed by atoms with E-state index in [2.05, 4.69) is 0 Å². The average molecular weight is 180 g/mol. The molecule has 0 N–H and O–H groups in total. The average Bonchev–Trinajstić information content (AvgIpc) is 2.08. The lowest BCUT2D eigenvalue weighted by Gasteiger charge is -2.08. The molecule has 0 aliphatic carbocycles. The van der Waals surface area contributed by atoms with Crippen molar-refractivity contribution >= 4 is 5.78 Å². The van der Waals surface area contributed by atoms with E-state index in [0.29, 0.717) is 5.56 Å². The molecule has 1 nitrogen and oxygen atoms in total. The molecule has 0 radical (unpaired) electrons. The van der Waals surface area contributed by atoms with E-state index in [0.717, 1.165) is 5.56 Å². The Bertz CT molecular complexity index is 331. The van der Waals surface area contributed by atoms with Gasteiger partial charge in [-0.15, -0.1) is 0 Å². The van der Waals surface area contributed by atoms with E-state index < -0.39 is 0 Å². The summed E-state index contributed by atoms with van der Waals surface area (Å²) in [6.45, 7) is 5.01. The summed E-state index contributed by atoms with van der Waals surface area (Å²) in [4.78, 5) is 11.0. The first-order chi connectivity index (χ1) is 6.02. The third-order valence-corrected chi connectivity index (χ3v) is 2.31. The minimum atomic E-state index is -0.245. The van der Waals surface area contributed by atoms with Gasteiger partial charge in [0.25, 0.3) is 0 Å². The molecule has 0 aliphatic rings. The summed E-state index contributed by atoms with van der Waals surface area (Å²) in [5.41, 5.74) is 1.36. The van der Waals surface area contributed by atoms with Gasteiger partial charge in [0.15, 0.2) is 0 Å². The van der Waals surface area contributed by atoms with Crippen LogP contribution in [-0.4, -0.2) is 5.78 Å². The van der Waals surface area contributed by atoms with E-state index in [4.69, 9.17) is 0 Å². The fourth-order valence-electron chi connectivity index (χ4n) is 1.11. The Hall–Kier alpha value is -1.18. The van der Waals surface area contributed by atoms with Crippen molar-refractivity contribution in [3.8, 4) is 0 Å². The van der Waals surface area contributed by atoms with Gasteiger partial charge in [-0.2, -0.15) is 0 Å². The number of rotatable bonds is 2. The van der Waals surface area contributed by atoms with Crippen LogP contribution < -0.4 is 0 Å². The highest BCUT2D eigenvalue weighted by molar-refractivity contribution is 5.82. The van der Waals surface area contributed by atoms with Gasteiger partial charge < -0.3 is 0 Å². The van der Waals surface area contributed by atoms with Gasteiger partial charge in [-0.05, 0) is 31.0 Å². The molecule has 0 bridgehead atoms. The normalized spacial score (nSPS) is 12.6. The Balaban J connectivity index is 3.03. The topological polar surface area (TPSA) is 17.1 Å². The van der Waals surface area contributed by atoms with Gasteiger partial charge in [0.1, 0.15) is 11.6 Å². The summed E-state index contributed by atoms with van der Waals surface area (Å²) in [5.74, 6) is -0.399. The van der Waals surface area contributed by atoms with E-state index in [1.807, 2.05) is 0 Å². The Morgan fingerprint density at radius 3 is 2.54 bits per heavy atom. The summed E-state index contributed by atoms with van der Waals surface area (Å²) in [6, 6.07) is 4.93. The molecule has 0 fully saturated rings. The maximum absolute atomic E-state index is 13.1. The Kier molecular flexibility index (Phi) is 2.81. The maximum Gasteiger partial charge on any atom is 0.136 e. The summed E-state index contributed by atoms with van der Waals surface area (Å²) >= 11 is 0. The van der Waals surface area contributed by atoms with Crippen LogP contribution in [0.4, 0.5) is 4.39 Å². The molecule has 1 aromatic carbocycles. The summed E-state index contributed by atoms with van der Waals surface area (Å²) in [6.07, 6.45) is 0. The third-order valence-electron chi connectivity index (χ3n) is 2.31. The van der Waals surface area contributed by atoms with Gasteiger partial charge in [0.05, 0.1) is 0 Å². The minimum Gasteiger partial charge on any atom is -0.299 e. The van der Waals surface area contributed by atoms with Gasteiger partial charge in [-0.25, -0.2) is 4.39 Å². The van der Waals surface area contributed by atoms with Crippen LogP contribution in [0.5, 0.6) is 0 Å². The highest BCUT2D eigenvalue weighted by Gasteiger charge is 2.11. The second-order valence-corrected chi connectivity index (χ2v) is 3.34. The molecule has 1 rings (SSSR count). The molecular weight excluding hydrogens is 167 g/mol. The number of halogens is 1. The number of carbonyl (C=O) groups is 1. The zero-order chi connectivity index (χ0) is 10.0. The first kappa shape index (κ1) is 9.90. The van der Waals surface area contributed by atoms with E-state index in [1.54, 1.807) is 26.0 Å². The van der Waals surface area contributed by atoms with E-state index in [9.17, 15) is 9.18 Å². The predicted molar refractivity (Wildman–Crippen MR) is 50.2 cm³/mol. The number of aryl methyl sites for hydroxylation is 1. The van der Waals surface area contributed by atoms with Crippen molar-refractivity contribution in [1.82, 2.24) is 0 Å². The van der Waals surface area contributed by atoms with Crippen LogP contribution in [0.25, 0.3) is 0 Å². The molecule has 0 aliphatic heterocycles. The van der Waals surface area contributed by atoms with Crippen molar-refractivity contribution in [1.29, 1.82) is 0 Å². The Morgan fingerprint density at radius 2 is 2.08 bits per heavy atom. The van der Waals surface area contributed by atoms with Crippen molar-refractivity contribution in [2.24, 2.45) is 0 Å². The highest BCUT2D eigenvalue weighted by Crippen LogP contribution is 2.18. The molecule has 2 heteroatoms. The third kappa shape index (κ3) is 2.14. The van der Waals surface area contributed by atoms with Crippen molar-refractivity contribution in [3.63, 3.8) is 0 Å². The molecule has 0 saturated carbocycles. The van der Waals surface area contributed by atoms with Crippen molar-refractivity contribution in [2.45, 2.75) is 26.7 Å². The lowest BCUT2D eigenvalue weighted by molar-refractivity contribution is -0.118. The fourth-order valence-corrected chi connectivity index (χ4v) is 1.11. The molecule has 1 unspecified atom stereocenters. The number of Topliss-reactive ketones (excluding diaryl/α,β-unsaturated/α-hetero) is 1. The van der Waals surface area contributed by atoms with Gasteiger partial charge in [-0.3, -0.25) is 4.79 Å². The molecule has 0 amide bonds. The van der Waals surface area contributed by atoms with E-state index in [1.165, 1.54) is 13.0 Å². The smallest absolute Gasteiger partial charge is 0.136 e.